The quantitative estimate of drug-likeness (QED) is 0.715. The van der Waals surface area contributed by atoms with Crippen LogP contribution in [0.25, 0.3) is 11.2 Å². The van der Waals surface area contributed by atoms with E-state index in [2.05, 4.69) is 55.2 Å². The van der Waals surface area contributed by atoms with Gasteiger partial charge in [-0.15, -0.1) is 0 Å². The molecule has 0 unspecified atom stereocenters. The van der Waals surface area contributed by atoms with Crippen LogP contribution in [0.2, 0.25) is 0 Å². The SMILES string of the molecule is CCn1nc(C)c(CN2C[C@@H]3COC[C@H](C2)N(c2ncnc4nc[nH]c24)C3)c1C. The summed E-state index contributed by atoms with van der Waals surface area (Å²) in [5.74, 6) is 1.36. The maximum absolute atomic E-state index is 6.02. The molecule has 5 heterocycles. The van der Waals surface area contributed by atoms with Gasteiger partial charge in [0.1, 0.15) is 11.8 Å². The van der Waals surface area contributed by atoms with Gasteiger partial charge < -0.3 is 14.6 Å². The van der Waals surface area contributed by atoms with E-state index in [1.54, 1.807) is 12.7 Å². The van der Waals surface area contributed by atoms with Crippen molar-refractivity contribution in [1.29, 1.82) is 0 Å². The number of hydrogen-bond acceptors (Lipinski definition) is 7. The number of nitrogens with zero attached hydrogens (tertiary/aromatic N) is 7. The Morgan fingerprint density at radius 1 is 1.14 bits per heavy atom. The summed E-state index contributed by atoms with van der Waals surface area (Å²) < 4.78 is 8.13. The molecular weight excluding hydrogens is 368 g/mol. The van der Waals surface area contributed by atoms with Gasteiger partial charge in [-0.05, 0) is 20.8 Å². The summed E-state index contributed by atoms with van der Waals surface area (Å²) in [6, 6.07) is 0.241. The summed E-state index contributed by atoms with van der Waals surface area (Å²) in [5.41, 5.74) is 5.40. The molecule has 2 fully saturated rings. The standard InChI is InChI=1S/C20H28N8O/c1-4-28-14(3)17(13(2)25-28)8-26-5-15-6-27(16(7-26)10-29-9-15)20-18-19(22-11-21-18)23-12-24-20/h11-12,15-16H,4-10H2,1-3H3,(H,21,22,23,24)/t15-,16-/m0/s1. The number of fused-ring (bicyclic) bond motifs is 4. The van der Waals surface area contributed by atoms with Gasteiger partial charge in [-0.1, -0.05) is 0 Å². The average molecular weight is 396 g/mol. The van der Waals surface area contributed by atoms with Crippen molar-refractivity contribution in [3.05, 3.63) is 29.6 Å². The minimum Gasteiger partial charge on any atom is -0.379 e. The van der Waals surface area contributed by atoms with Crippen LogP contribution < -0.4 is 4.90 Å². The Kier molecular flexibility index (Phi) is 4.71. The first-order valence-electron chi connectivity index (χ1n) is 10.4. The number of nitrogens with one attached hydrogen (secondary N) is 1. The van der Waals surface area contributed by atoms with E-state index in [4.69, 9.17) is 9.84 Å². The predicted molar refractivity (Wildman–Crippen MR) is 110 cm³/mol. The van der Waals surface area contributed by atoms with Crippen molar-refractivity contribution in [3.8, 4) is 0 Å². The molecule has 0 spiro atoms. The van der Waals surface area contributed by atoms with Gasteiger partial charge >= 0.3 is 0 Å². The minimum atomic E-state index is 0.241. The normalized spacial score (nSPS) is 22.9. The zero-order valence-corrected chi connectivity index (χ0v) is 17.3. The van der Waals surface area contributed by atoms with Gasteiger partial charge in [-0.2, -0.15) is 5.10 Å². The van der Waals surface area contributed by atoms with Crippen molar-refractivity contribution < 1.29 is 4.74 Å². The van der Waals surface area contributed by atoms with Gasteiger partial charge in [0.05, 0.1) is 31.3 Å². The number of ether oxygens (including phenoxy) is 1. The molecule has 0 saturated carbocycles. The average Bonchev–Trinajstić information content (AvgIpc) is 3.16. The molecule has 2 aliphatic heterocycles. The van der Waals surface area contributed by atoms with Crippen LogP contribution in [0.15, 0.2) is 12.7 Å². The number of aryl methyl sites for hydroxylation is 2. The number of rotatable bonds is 4. The molecule has 2 saturated heterocycles. The number of H-pyrrole nitrogens is 1. The van der Waals surface area contributed by atoms with Gasteiger partial charge in [-0.3, -0.25) is 9.58 Å². The number of imidazole rings is 1. The number of aromatic nitrogens is 6. The fourth-order valence-electron chi connectivity index (χ4n) is 4.79. The molecule has 2 aliphatic rings. The second-order valence-corrected chi connectivity index (χ2v) is 8.17. The summed E-state index contributed by atoms with van der Waals surface area (Å²) in [6.07, 6.45) is 3.30. The Balaban J connectivity index is 1.44. The summed E-state index contributed by atoms with van der Waals surface area (Å²) in [5, 5.41) is 4.71. The van der Waals surface area contributed by atoms with Gasteiger partial charge in [0, 0.05) is 49.9 Å². The third-order valence-electron chi connectivity index (χ3n) is 6.23. The smallest absolute Gasteiger partial charge is 0.182 e. The summed E-state index contributed by atoms with van der Waals surface area (Å²) in [4.78, 5) is 21.4. The molecule has 5 rings (SSSR count). The van der Waals surface area contributed by atoms with Crippen LogP contribution in [-0.2, 0) is 17.8 Å². The van der Waals surface area contributed by atoms with Crippen molar-refractivity contribution in [3.63, 3.8) is 0 Å². The van der Waals surface area contributed by atoms with Gasteiger partial charge in [0.25, 0.3) is 0 Å². The number of aromatic amines is 1. The zero-order valence-electron chi connectivity index (χ0n) is 17.3. The first kappa shape index (κ1) is 18.5. The van der Waals surface area contributed by atoms with E-state index in [0.29, 0.717) is 18.2 Å². The lowest BCUT2D eigenvalue weighted by molar-refractivity contribution is 0.0626. The summed E-state index contributed by atoms with van der Waals surface area (Å²) in [6.45, 7) is 12.7. The van der Waals surface area contributed by atoms with Crippen LogP contribution in [0.1, 0.15) is 23.9 Å². The van der Waals surface area contributed by atoms with Crippen molar-refractivity contribution >= 4 is 17.0 Å². The van der Waals surface area contributed by atoms with E-state index in [9.17, 15) is 0 Å². The molecule has 29 heavy (non-hydrogen) atoms. The van der Waals surface area contributed by atoms with E-state index >= 15 is 0 Å². The van der Waals surface area contributed by atoms with E-state index in [0.717, 1.165) is 56.4 Å². The molecule has 9 heteroatoms. The summed E-state index contributed by atoms with van der Waals surface area (Å²) >= 11 is 0. The lowest BCUT2D eigenvalue weighted by Gasteiger charge is -2.32. The molecule has 2 atom stereocenters. The molecule has 9 nitrogen and oxygen atoms in total. The predicted octanol–water partition coefficient (Wildman–Crippen LogP) is 1.52. The Bertz CT molecular complexity index is 1010. The second-order valence-electron chi connectivity index (χ2n) is 8.17. The van der Waals surface area contributed by atoms with Crippen LogP contribution >= 0.6 is 0 Å². The molecule has 154 valence electrons. The van der Waals surface area contributed by atoms with Gasteiger partial charge in [0.2, 0.25) is 0 Å². The Hall–Kier alpha value is -2.52. The number of hydrogen-bond donors (Lipinski definition) is 1. The molecule has 2 bridgehead atoms. The zero-order chi connectivity index (χ0) is 20.0. The molecule has 0 aliphatic carbocycles. The van der Waals surface area contributed by atoms with E-state index < -0.39 is 0 Å². The summed E-state index contributed by atoms with van der Waals surface area (Å²) in [7, 11) is 0. The fourth-order valence-corrected chi connectivity index (χ4v) is 4.79. The fraction of sp³-hybridized carbons (Fsp3) is 0.600. The lowest BCUT2D eigenvalue weighted by atomic mass is 10.1. The maximum Gasteiger partial charge on any atom is 0.182 e. The Labute approximate surface area is 170 Å². The highest BCUT2D eigenvalue weighted by molar-refractivity contribution is 5.82. The first-order valence-corrected chi connectivity index (χ1v) is 10.4. The molecular formula is C20H28N8O. The van der Waals surface area contributed by atoms with Gasteiger partial charge in [-0.25, -0.2) is 15.0 Å². The number of anilines is 1. The highest BCUT2D eigenvalue weighted by Gasteiger charge is 2.35. The van der Waals surface area contributed by atoms with Crippen LogP contribution in [0, 0.1) is 19.8 Å². The molecule has 1 N–H and O–H groups in total. The first-order chi connectivity index (χ1) is 14.1. The van der Waals surface area contributed by atoms with Crippen molar-refractivity contribution in [1.82, 2.24) is 34.6 Å². The third-order valence-corrected chi connectivity index (χ3v) is 6.23. The Morgan fingerprint density at radius 3 is 2.86 bits per heavy atom. The van der Waals surface area contributed by atoms with E-state index in [1.807, 2.05) is 0 Å². The van der Waals surface area contributed by atoms with Crippen molar-refractivity contribution in [2.45, 2.75) is 39.9 Å². The molecule has 3 aromatic rings. The maximum atomic E-state index is 6.02. The second kappa shape index (κ2) is 7.38. The van der Waals surface area contributed by atoms with Crippen LogP contribution in [0.5, 0.6) is 0 Å². The largest absolute Gasteiger partial charge is 0.379 e. The van der Waals surface area contributed by atoms with Gasteiger partial charge in [0.15, 0.2) is 11.5 Å². The van der Waals surface area contributed by atoms with Crippen LogP contribution in [0.3, 0.4) is 0 Å². The van der Waals surface area contributed by atoms with Crippen LogP contribution in [-0.4, -0.2) is 73.5 Å². The Morgan fingerprint density at radius 2 is 2.03 bits per heavy atom. The van der Waals surface area contributed by atoms with E-state index in [1.165, 1.54) is 11.3 Å². The molecule has 3 aromatic heterocycles. The third kappa shape index (κ3) is 3.28. The highest BCUT2D eigenvalue weighted by atomic mass is 16.5. The topological polar surface area (TPSA) is 88.0 Å². The molecule has 0 amide bonds. The highest BCUT2D eigenvalue weighted by Crippen LogP contribution is 2.29. The minimum absolute atomic E-state index is 0.241. The molecule has 0 aromatic carbocycles. The van der Waals surface area contributed by atoms with Crippen LogP contribution in [0.4, 0.5) is 5.82 Å². The monoisotopic (exact) mass is 396 g/mol. The van der Waals surface area contributed by atoms with Crippen molar-refractivity contribution in [2.75, 3.05) is 37.7 Å². The lowest BCUT2D eigenvalue weighted by Crippen LogP contribution is -2.44. The van der Waals surface area contributed by atoms with E-state index in [-0.39, 0.29) is 6.04 Å². The molecule has 0 radical (unpaired) electrons. The van der Waals surface area contributed by atoms with Crippen molar-refractivity contribution in [2.24, 2.45) is 5.92 Å².